The van der Waals surface area contributed by atoms with Crippen LogP contribution in [0.4, 0.5) is 5.69 Å². The predicted octanol–water partition coefficient (Wildman–Crippen LogP) is 3.46. The van der Waals surface area contributed by atoms with Crippen molar-refractivity contribution in [1.82, 2.24) is 4.98 Å². The molecule has 7 heteroatoms. The first-order valence-electron chi connectivity index (χ1n) is 7.61. The van der Waals surface area contributed by atoms with Crippen molar-refractivity contribution in [2.45, 2.75) is 27.2 Å². The first-order chi connectivity index (χ1) is 11.7. The lowest BCUT2D eigenvalue weighted by Crippen LogP contribution is -2.17. The van der Waals surface area contributed by atoms with E-state index in [1.807, 2.05) is 6.92 Å². The molecule has 25 heavy (non-hydrogen) atoms. The van der Waals surface area contributed by atoms with Crippen LogP contribution in [0.1, 0.15) is 44.6 Å². The normalized spacial score (nSPS) is 10.4. The summed E-state index contributed by atoms with van der Waals surface area (Å²) >= 11 is 5.90. The highest BCUT2D eigenvalue weighted by Gasteiger charge is 2.24. The van der Waals surface area contributed by atoms with Crippen LogP contribution < -0.4 is 5.32 Å². The molecule has 1 heterocycles. The fourth-order valence-electron chi connectivity index (χ4n) is 2.64. The molecule has 2 aromatic rings. The Kier molecular flexibility index (Phi) is 5.64. The number of aryl methyl sites for hydroxylation is 1. The minimum Gasteiger partial charge on any atom is -0.465 e. The Morgan fingerprint density at radius 3 is 2.48 bits per heavy atom. The highest BCUT2D eigenvalue weighted by atomic mass is 35.5. The monoisotopic (exact) mass is 362 g/mol. The summed E-state index contributed by atoms with van der Waals surface area (Å²) in [6, 6.07) is 5.12. The zero-order chi connectivity index (χ0) is 18.7. The van der Waals surface area contributed by atoms with Crippen molar-refractivity contribution in [3.63, 3.8) is 0 Å². The third-order valence-corrected chi connectivity index (χ3v) is 4.10. The Hall–Kier alpha value is -2.60. The number of aromatic nitrogens is 1. The van der Waals surface area contributed by atoms with Crippen LogP contribution in [0.15, 0.2) is 18.2 Å². The van der Waals surface area contributed by atoms with E-state index in [2.05, 4.69) is 10.3 Å². The third kappa shape index (κ3) is 4.09. The molecule has 1 amide bonds. The van der Waals surface area contributed by atoms with E-state index in [0.29, 0.717) is 27.7 Å². The summed E-state index contributed by atoms with van der Waals surface area (Å²) in [5.74, 6) is -1.14. The van der Waals surface area contributed by atoms with Crippen LogP contribution >= 0.6 is 11.6 Å². The molecular formula is C18H19ClN2O4. The van der Waals surface area contributed by atoms with Crippen molar-refractivity contribution >= 4 is 34.9 Å². The molecule has 0 aliphatic rings. The largest absolute Gasteiger partial charge is 0.465 e. The highest BCUT2D eigenvalue weighted by molar-refractivity contribution is 6.30. The van der Waals surface area contributed by atoms with Crippen LogP contribution in [0.25, 0.3) is 0 Å². The second kappa shape index (κ2) is 7.53. The number of amides is 1. The molecule has 132 valence electrons. The molecule has 2 N–H and O–H groups in total. The Balaban J connectivity index is 2.29. The number of carbonyl (C=O) groups excluding carboxylic acids is 3. The maximum atomic E-state index is 12.4. The van der Waals surface area contributed by atoms with E-state index in [4.69, 9.17) is 16.3 Å². The van der Waals surface area contributed by atoms with Crippen molar-refractivity contribution < 1.29 is 19.1 Å². The maximum absolute atomic E-state index is 12.4. The van der Waals surface area contributed by atoms with Gasteiger partial charge >= 0.3 is 5.97 Å². The summed E-state index contributed by atoms with van der Waals surface area (Å²) in [6.45, 7) is 4.86. The number of aromatic amines is 1. The predicted molar refractivity (Wildman–Crippen MR) is 95.4 cm³/mol. The number of ether oxygens (including phenoxy) is 1. The zero-order valence-electron chi connectivity index (χ0n) is 14.5. The molecule has 0 aliphatic carbocycles. The lowest BCUT2D eigenvalue weighted by atomic mass is 10.1. The van der Waals surface area contributed by atoms with E-state index >= 15 is 0 Å². The van der Waals surface area contributed by atoms with E-state index < -0.39 is 5.97 Å². The third-order valence-electron chi connectivity index (χ3n) is 3.87. The van der Waals surface area contributed by atoms with Gasteiger partial charge in [-0.2, -0.15) is 0 Å². The highest BCUT2D eigenvalue weighted by Crippen LogP contribution is 2.22. The van der Waals surface area contributed by atoms with Gasteiger partial charge in [0.05, 0.1) is 24.8 Å². The molecule has 2 rings (SSSR count). The minimum atomic E-state index is -0.591. The number of Topliss-reactive ketones (excluding diaryl/α,β-unsaturated/α-hetero) is 1. The first kappa shape index (κ1) is 18.7. The van der Waals surface area contributed by atoms with Crippen molar-refractivity contribution in [2.24, 2.45) is 0 Å². The number of hydrogen-bond acceptors (Lipinski definition) is 4. The Morgan fingerprint density at radius 1 is 1.24 bits per heavy atom. The summed E-state index contributed by atoms with van der Waals surface area (Å²) in [4.78, 5) is 39.0. The van der Waals surface area contributed by atoms with Gasteiger partial charge in [-0.15, -0.1) is 0 Å². The molecule has 6 nitrogen and oxygen atoms in total. The van der Waals surface area contributed by atoms with Crippen LogP contribution in [0, 0.1) is 13.8 Å². The topological polar surface area (TPSA) is 88.3 Å². The van der Waals surface area contributed by atoms with Gasteiger partial charge in [0.1, 0.15) is 0 Å². The van der Waals surface area contributed by atoms with Crippen molar-refractivity contribution in [2.75, 3.05) is 12.4 Å². The van der Waals surface area contributed by atoms with Crippen LogP contribution in [0.2, 0.25) is 5.02 Å². The molecule has 0 spiro atoms. The molecule has 0 saturated carbocycles. The number of halogens is 1. The number of benzene rings is 1. The lowest BCUT2D eigenvalue weighted by molar-refractivity contribution is -0.115. The van der Waals surface area contributed by atoms with Crippen molar-refractivity contribution in [3.05, 3.63) is 51.3 Å². The minimum absolute atomic E-state index is 0.0966. The number of carbonyl (C=O) groups is 3. The van der Waals surface area contributed by atoms with Gasteiger partial charge in [-0.3, -0.25) is 9.59 Å². The average Bonchev–Trinajstić information content (AvgIpc) is 2.86. The molecule has 0 aliphatic heterocycles. The van der Waals surface area contributed by atoms with Crippen LogP contribution in [0.5, 0.6) is 0 Å². The zero-order valence-corrected chi connectivity index (χ0v) is 15.2. The molecule has 0 radical (unpaired) electrons. The summed E-state index contributed by atoms with van der Waals surface area (Å²) in [6.07, 6.45) is -0.0966. The molecule has 1 aromatic carbocycles. The second-order valence-electron chi connectivity index (χ2n) is 5.71. The van der Waals surface area contributed by atoms with E-state index in [-0.39, 0.29) is 23.7 Å². The van der Waals surface area contributed by atoms with E-state index in [0.717, 1.165) is 5.56 Å². The number of rotatable bonds is 5. The van der Waals surface area contributed by atoms with Crippen LogP contribution in [-0.4, -0.2) is 29.8 Å². The van der Waals surface area contributed by atoms with Gasteiger partial charge < -0.3 is 15.0 Å². The van der Waals surface area contributed by atoms with Crippen molar-refractivity contribution in [1.29, 1.82) is 0 Å². The summed E-state index contributed by atoms with van der Waals surface area (Å²) < 4.78 is 4.77. The molecule has 0 atom stereocenters. The fourth-order valence-corrected chi connectivity index (χ4v) is 2.87. The summed E-state index contributed by atoms with van der Waals surface area (Å²) in [5.41, 5.74) is 2.79. The SMILES string of the molecule is COC(=O)c1c(CC(=O)Nc2ccc(Cl)cc2C)[nH]c(C(C)=O)c1C. The van der Waals surface area contributed by atoms with Crippen molar-refractivity contribution in [3.8, 4) is 0 Å². The maximum Gasteiger partial charge on any atom is 0.339 e. The number of esters is 1. The molecule has 0 bridgehead atoms. The van der Waals surface area contributed by atoms with E-state index in [9.17, 15) is 14.4 Å². The molecule has 1 aromatic heterocycles. The van der Waals surface area contributed by atoms with Crippen LogP contribution in [0.3, 0.4) is 0 Å². The average molecular weight is 363 g/mol. The number of nitrogens with one attached hydrogen (secondary N) is 2. The Morgan fingerprint density at radius 2 is 1.92 bits per heavy atom. The van der Waals surface area contributed by atoms with Gasteiger partial charge in [0.2, 0.25) is 5.91 Å². The van der Waals surface area contributed by atoms with Gasteiger partial charge in [-0.25, -0.2) is 4.79 Å². The standard InChI is InChI=1S/C18H19ClN2O4/c1-9-7-12(19)5-6-13(9)20-15(23)8-14-16(18(24)25-4)10(2)17(21-14)11(3)22/h5-7,21H,8H2,1-4H3,(H,20,23). The molecule has 0 unspecified atom stereocenters. The molecule has 0 fully saturated rings. The Labute approximate surface area is 150 Å². The number of H-pyrrole nitrogens is 1. The smallest absolute Gasteiger partial charge is 0.339 e. The summed E-state index contributed by atoms with van der Waals surface area (Å²) in [7, 11) is 1.25. The molecule has 0 saturated heterocycles. The van der Waals surface area contributed by atoms with E-state index in [1.54, 1.807) is 25.1 Å². The molecular weight excluding hydrogens is 344 g/mol. The fraction of sp³-hybridized carbons (Fsp3) is 0.278. The quantitative estimate of drug-likeness (QED) is 0.629. The number of anilines is 1. The number of ketones is 1. The van der Waals surface area contributed by atoms with Gasteiger partial charge in [-0.05, 0) is 43.2 Å². The first-order valence-corrected chi connectivity index (χ1v) is 7.99. The second-order valence-corrected chi connectivity index (χ2v) is 6.15. The van der Waals surface area contributed by atoms with Gasteiger partial charge in [-0.1, -0.05) is 11.6 Å². The number of hydrogen-bond donors (Lipinski definition) is 2. The van der Waals surface area contributed by atoms with Gasteiger partial charge in [0.25, 0.3) is 0 Å². The summed E-state index contributed by atoms with van der Waals surface area (Å²) in [5, 5.41) is 3.35. The van der Waals surface area contributed by atoms with Crippen LogP contribution in [-0.2, 0) is 16.0 Å². The number of methoxy groups -OCH3 is 1. The van der Waals surface area contributed by atoms with Gasteiger partial charge in [0, 0.05) is 23.3 Å². The Bertz CT molecular complexity index is 855. The van der Waals surface area contributed by atoms with E-state index in [1.165, 1.54) is 14.0 Å². The lowest BCUT2D eigenvalue weighted by Gasteiger charge is -2.09. The van der Waals surface area contributed by atoms with Gasteiger partial charge in [0.15, 0.2) is 5.78 Å².